The summed E-state index contributed by atoms with van der Waals surface area (Å²) in [7, 11) is 26.5. The van der Waals surface area contributed by atoms with Crippen molar-refractivity contribution in [1.29, 1.82) is 0 Å². The average Bonchev–Trinajstić information content (AvgIpc) is 3.00. The highest BCUT2D eigenvalue weighted by molar-refractivity contribution is 9.10. The molecule has 0 N–H and O–H groups in total. The fourth-order valence-corrected chi connectivity index (χ4v) is 77.7. The Kier molecular flexibility index (Phi) is 54.6. The summed E-state index contributed by atoms with van der Waals surface area (Å²) in [4.78, 5) is 21.9. The molecule has 264 valence electrons. The largest absolute Gasteiger partial charge is 0.466 e. The van der Waals surface area contributed by atoms with Gasteiger partial charge >= 0.3 is 11.9 Å². The molecule has 0 saturated heterocycles. The second kappa shape index (κ2) is 46.0. The minimum Gasteiger partial charge on any atom is -0.466 e. The highest BCUT2D eigenvalue weighted by Gasteiger charge is 2.14. The zero-order chi connectivity index (χ0) is 34.4. The molecule has 45 heavy (non-hydrogen) atoms. The number of cyclic esters (lactones) is 1. The van der Waals surface area contributed by atoms with Crippen LogP contribution in [0.3, 0.4) is 0 Å². The Hall–Kier alpha value is 4.01. The topological polar surface area (TPSA) is 52.6 Å². The Morgan fingerprint density at radius 3 is 1.84 bits per heavy atom. The monoisotopic (exact) mass is 956 g/mol. The summed E-state index contributed by atoms with van der Waals surface area (Å²) < 4.78 is 9.92. The maximum absolute atomic E-state index is 11.3. The first-order chi connectivity index (χ1) is 21.7. The van der Waals surface area contributed by atoms with Crippen molar-refractivity contribution in [3.05, 3.63) is 37.5 Å². The van der Waals surface area contributed by atoms with E-state index in [1.165, 1.54) is 62.4 Å². The quantitative estimate of drug-likeness (QED) is 0.105. The highest BCUT2D eigenvalue weighted by atomic mass is 33.4. The predicted molar refractivity (Wildman–Crippen MR) is 255 cm³/mol. The van der Waals surface area contributed by atoms with Gasteiger partial charge in [-0.15, -0.1) is 57.8 Å². The molecule has 1 rings (SSSR count). The molecule has 0 fully saturated rings. The van der Waals surface area contributed by atoms with Gasteiger partial charge in [-0.3, -0.25) is 9.59 Å². The molecule has 0 aromatic carbocycles. The number of esters is 2. The van der Waals surface area contributed by atoms with Crippen LogP contribution in [0.2, 0.25) is 0 Å². The zero-order valence-corrected chi connectivity index (χ0v) is 42.2. The Morgan fingerprint density at radius 2 is 1.38 bits per heavy atom. The molecule has 1 heterocycles. The smallest absolute Gasteiger partial charge is 0.309 e. The third-order valence-electron chi connectivity index (χ3n) is 4.81. The van der Waals surface area contributed by atoms with Crippen LogP contribution in [0, 0.1) is 0 Å². The normalized spacial score (nSPS) is 14.2. The first kappa shape index (κ1) is 53.4. The van der Waals surface area contributed by atoms with Crippen LogP contribution in [-0.4, -0.2) is 25.2 Å². The lowest BCUT2D eigenvalue weighted by atomic mass is 10.1. The molecule has 0 amide bonds. The second-order valence-corrected chi connectivity index (χ2v) is 51.3. The third kappa shape index (κ3) is 48.0. The predicted octanol–water partition coefficient (Wildman–Crippen LogP) is 10.9. The van der Waals surface area contributed by atoms with Gasteiger partial charge in [0.15, 0.2) is 0 Å². The lowest BCUT2D eigenvalue weighted by molar-refractivity contribution is -0.144. The van der Waals surface area contributed by atoms with Gasteiger partial charge in [0.1, 0.15) is 0 Å². The van der Waals surface area contributed by atoms with E-state index in [4.69, 9.17) is 9.47 Å². The summed E-state index contributed by atoms with van der Waals surface area (Å²) in [5.74, 6) is -0.232. The SMILES string of the molecule is C=CCCOC(=O)CC=C.O=C1CCCCCCCCC=CCCCCO1.PPP(P(P)P)P(P)P.S=S=S=S=S=S=S=S=S. The summed E-state index contributed by atoms with van der Waals surface area (Å²) >= 11 is 9.27. The van der Waals surface area contributed by atoms with Crippen molar-refractivity contribution in [2.75, 3.05) is 13.2 Å². The highest BCUT2D eigenvalue weighted by Crippen LogP contribution is 3.04. The molecule has 0 spiro atoms. The van der Waals surface area contributed by atoms with Crippen molar-refractivity contribution in [2.24, 2.45) is 0 Å². The van der Waals surface area contributed by atoms with Gasteiger partial charge in [0.05, 0.1) is 19.6 Å². The molecular formula is C23H49O4P9S9. The molecule has 22 heteroatoms. The molecular weight excluding hydrogens is 908 g/mol. The van der Waals surface area contributed by atoms with Crippen LogP contribution in [0.1, 0.15) is 83.5 Å². The number of hydrogen-bond donors (Lipinski definition) is 0. The van der Waals surface area contributed by atoms with Gasteiger partial charge in [0, 0.05) is 91.0 Å². The number of carbonyl (C=O) groups excluding carboxylic acids is 2. The molecule has 0 aromatic rings. The van der Waals surface area contributed by atoms with E-state index >= 15 is 0 Å². The van der Waals surface area contributed by atoms with Crippen molar-refractivity contribution in [3.8, 4) is 0 Å². The first-order valence-electron chi connectivity index (χ1n) is 13.7. The number of carbonyl (C=O) groups is 2. The van der Waals surface area contributed by atoms with Crippen LogP contribution in [0.5, 0.6) is 0 Å². The van der Waals surface area contributed by atoms with E-state index in [1.807, 2.05) is 0 Å². The summed E-state index contributed by atoms with van der Waals surface area (Å²) in [5, 5.41) is 0. The van der Waals surface area contributed by atoms with Gasteiger partial charge < -0.3 is 9.47 Å². The van der Waals surface area contributed by atoms with Crippen LogP contribution >= 0.6 is 73.6 Å². The zero-order valence-electron chi connectivity index (χ0n) is 25.4. The standard InChI is InChI=1S/C15H26O2.C8H12O2.H11P9.S9/c16-15-13-11-9-7-5-3-1-2-4-6-8-10-12-14-17-15;1-3-5-7-10-8(9)6-4-2;1-6-9(7(2)3)8(4)5;1-3-5-7-9-8-6-4-2/h4,6H,1-3,5,7-14H2;3-4H,1-2,5-7H2;6H,1-5H2;. The van der Waals surface area contributed by atoms with Crippen LogP contribution < -0.4 is 0 Å². The Bertz CT molecular complexity index is 1070. The average molecular weight is 957 g/mol. The fraction of sp³-hybridized carbons (Fsp3) is 0.652. The van der Waals surface area contributed by atoms with Crippen molar-refractivity contribution in [1.82, 2.24) is 0 Å². The van der Waals surface area contributed by atoms with Crippen molar-refractivity contribution in [3.63, 3.8) is 0 Å². The van der Waals surface area contributed by atoms with Gasteiger partial charge in [-0.1, -0.05) is 57.9 Å². The molecule has 1 aliphatic heterocycles. The van der Waals surface area contributed by atoms with Crippen LogP contribution in [0.15, 0.2) is 37.5 Å². The number of rotatable bonds is 8. The van der Waals surface area contributed by atoms with Gasteiger partial charge in [-0.05, 0) is 65.9 Å². The van der Waals surface area contributed by atoms with E-state index in [0.717, 1.165) is 33.6 Å². The van der Waals surface area contributed by atoms with Gasteiger partial charge in [-0.2, -0.15) is 0 Å². The van der Waals surface area contributed by atoms with Gasteiger partial charge in [0.25, 0.3) is 0 Å². The number of allylic oxidation sites excluding steroid dienone is 2. The lowest BCUT2D eigenvalue weighted by Crippen LogP contribution is -2.05. The van der Waals surface area contributed by atoms with E-state index in [1.54, 1.807) is 50.5 Å². The molecule has 0 radical (unpaired) electrons. The summed E-state index contributed by atoms with van der Waals surface area (Å²) in [6, 6.07) is 0. The molecule has 6 unspecified atom stereocenters. The van der Waals surface area contributed by atoms with Crippen molar-refractivity contribution in [2.45, 2.75) is 83.5 Å². The number of ether oxygens (including phenoxy) is 2. The van der Waals surface area contributed by atoms with Gasteiger partial charge in [0.2, 0.25) is 0 Å². The second-order valence-electron chi connectivity index (χ2n) is 8.29. The fourth-order valence-electron chi connectivity index (χ4n) is 2.84. The Labute approximate surface area is 319 Å². The van der Waals surface area contributed by atoms with Crippen LogP contribution in [-0.2, 0) is 104 Å². The minimum atomic E-state index is -0.225. The Morgan fingerprint density at radius 1 is 0.867 bits per heavy atom. The molecule has 4 nitrogen and oxygen atoms in total. The maximum Gasteiger partial charge on any atom is 0.309 e. The Balaban J connectivity index is -0.000000550. The van der Waals surface area contributed by atoms with Crippen molar-refractivity contribution >= 4 is 170 Å². The summed E-state index contributed by atoms with van der Waals surface area (Å²) in [6.07, 6.45) is 21.3. The van der Waals surface area contributed by atoms with E-state index < -0.39 is 0 Å². The van der Waals surface area contributed by atoms with Crippen LogP contribution in [0.4, 0.5) is 0 Å². The minimum absolute atomic E-state index is 0.00682. The van der Waals surface area contributed by atoms with Crippen LogP contribution in [0.25, 0.3) is 0 Å². The molecule has 0 bridgehead atoms. The summed E-state index contributed by atoms with van der Waals surface area (Å²) in [6.45, 7) is 8.57. The lowest BCUT2D eigenvalue weighted by Gasteiger charge is -2.22. The third-order valence-corrected chi connectivity index (χ3v) is 62.4. The molecule has 0 aromatic heterocycles. The molecule has 6 atom stereocenters. The summed E-state index contributed by atoms with van der Waals surface area (Å²) in [5.41, 5.74) is 0. The van der Waals surface area contributed by atoms with E-state index in [-0.39, 0.29) is 32.3 Å². The molecule has 0 aliphatic carbocycles. The first-order valence-corrected chi connectivity index (χ1v) is 39.9. The van der Waals surface area contributed by atoms with E-state index in [9.17, 15) is 9.59 Å². The maximum atomic E-state index is 11.3. The van der Waals surface area contributed by atoms with E-state index in [0.29, 0.717) is 33.0 Å². The molecule has 1 aliphatic rings. The van der Waals surface area contributed by atoms with E-state index in [2.05, 4.69) is 92.3 Å². The molecule has 0 saturated carbocycles. The number of hydrogen-bond acceptors (Lipinski definition) is 6. The van der Waals surface area contributed by atoms with Gasteiger partial charge in [-0.25, -0.2) is 0 Å². The van der Waals surface area contributed by atoms with Crippen molar-refractivity contribution < 1.29 is 19.1 Å².